The van der Waals surface area contributed by atoms with Crippen LogP contribution >= 0.6 is 0 Å². The quantitative estimate of drug-likeness (QED) is 0.357. The Morgan fingerprint density at radius 1 is 0.976 bits per heavy atom. The van der Waals surface area contributed by atoms with Gasteiger partial charge in [0.1, 0.15) is 5.65 Å². The number of hydrogen-bond donors (Lipinski definition) is 1. The summed E-state index contributed by atoms with van der Waals surface area (Å²) in [4.78, 5) is 40.0. The number of pyridine rings is 1. The Bertz CT molecular complexity index is 1590. The summed E-state index contributed by atoms with van der Waals surface area (Å²) < 4.78 is 29.2. The fourth-order valence-corrected chi connectivity index (χ4v) is 6.29. The summed E-state index contributed by atoms with van der Waals surface area (Å²) in [7, 11) is -0.315. The zero-order valence-corrected chi connectivity index (χ0v) is 24.8. The van der Waals surface area contributed by atoms with Gasteiger partial charge >= 0.3 is 0 Å². The molecule has 1 amide bonds. The Kier molecular flexibility index (Phi) is 8.87. The third-order valence-electron chi connectivity index (χ3n) is 7.74. The van der Waals surface area contributed by atoms with Crippen LogP contribution in [-0.4, -0.2) is 120 Å². The SMILES string of the molecule is C=CC(=O)N1CCN(CCn2c(=O)ccc3cnc(Nc4ccc(N5CCN(S(=O)(=O)N(C)C)CC5)cc4)nc32)CC1. The van der Waals surface area contributed by atoms with Crippen molar-refractivity contribution in [3.8, 4) is 0 Å². The molecule has 0 unspecified atom stereocenters. The van der Waals surface area contributed by atoms with Gasteiger partial charge in [-0.1, -0.05) is 6.58 Å². The van der Waals surface area contributed by atoms with Crippen molar-refractivity contribution in [2.75, 3.05) is 83.2 Å². The predicted octanol–water partition coefficient (Wildman–Crippen LogP) is 0.794. The summed E-state index contributed by atoms with van der Waals surface area (Å²) in [6.07, 6.45) is 3.05. The van der Waals surface area contributed by atoms with Crippen LogP contribution in [0.3, 0.4) is 0 Å². The molecule has 5 rings (SSSR count). The summed E-state index contributed by atoms with van der Waals surface area (Å²) in [6, 6.07) is 11.1. The van der Waals surface area contributed by atoms with Crippen molar-refractivity contribution in [3.63, 3.8) is 0 Å². The third-order valence-corrected chi connectivity index (χ3v) is 9.68. The molecule has 3 aromatic rings. The summed E-state index contributed by atoms with van der Waals surface area (Å²) in [6.45, 7) is 9.51. The molecule has 2 saturated heterocycles. The number of carbonyl (C=O) groups is 1. The molecule has 0 radical (unpaired) electrons. The lowest BCUT2D eigenvalue weighted by atomic mass is 10.2. The second-order valence-electron chi connectivity index (χ2n) is 10.5. The molecule has 4 heterocycles. The maximum absolute atomic E-state index is 12.8. The normalized spacial score (nSPS) is 17.1. The van der Waals surface area contributed by atoms with Gasteiger partial charge in [0.25, 0.3) is 15.8 Å². The van der Waals surface area contributed by atoms with Gasteiger partial charge in [-0.15, -0.1) is 0 Å². The summed E-state index contributed by atoms with van der Waals surface area (Å²) in [5.41, 5.74) is 2.23. The van der Waals surface area contributed by atoms with Crippen LogP contribution in [0.4, 0.5) is 17.3 Å². The van der Waals surface area contributed by atoms with Gasteiger partial charge in [0, 0.05) is 109 Å². The molecule has 0 aliphatic carbocycles. The molecule has 0 spiro atoms. The zero-order valence-electron chi connectivity index (χ0n) is 24.0. The van der Waals surface area contributed by atoms with Gasteiger partial charge in [0.15, 0.2) is 0 Å². The molecule has 0 atom stereocenters. The number of hydrogen-bond acceptors (Lipinski definition) is 9. The molecule has 2 aliphatic heterocycles. The minimum absolute atomic E-state index is 0.0534. The van der Waals surface area contributed by atoms with Gasteiger partial charge < -0.3 is 15.1 Å². The predicted molar refractivity (Wildman–Crippen MR) is 163 cm³/mol. The Labute approximate surface area is 245 Å². The van der Waals surface area contributed by atoms with Crippen molar-refractivity contribution in [1.29, 1.82) is 0 Å². The minimum atomic E-state index is -3.41. The van der Waals surface area contributed by atoms with E-state index < -0.39 is 10.2 Å². The highest BCUT2D eigenvalue weighted by atomic mass is 32.2. The van der Waals surface area contributed by atoms with E-state index in [0.29, 0.717) is 64.0 Å². The highest BCUT2D eigenvalue weighted by Crippen LogP contribution is 2.23. The number of nitrogens with zero attached hydrogens (tertiary/aromatic N) is 8. The second-order valence-corrected chi connectivity index (χ2v) is 12.7. The van der Waals surface area contributed by atoms with Crippen LogP contribution in [0, 0.1) is 0 Å². The van der Waals surface area contributed by atoms with Crippen LogP contribution in [0.25, 0.3) is 11.0 Å². The number of rotatable bonds is 9. The van der Waals surface area contributed by atoms with E-state index in [1.54, 1.807) is 35.8 Å². The monoisotopic (exact) mass is 595 g/mol. The summed E-state index contributed by atoms with van der Waals surface area (Å²) >= 11 is 0. The molecule has 14 heteroatoms. The van der Waals surface area contributed by atoms with Gasteiger partial charge in [-0.25, -0.2) is 4.98 Å². The number of carbonyl (C=O) groups excluding carboxylic acids is 1. The molecule has 1 N–H and O–H groups in total. The first-order valence-electron chi connectivity index (χ1n) is 14.0. The van der Waals surface area contributed by atoms with Crippen LogP contribution in [0.2, 0.25) is 0 Å². The highest BCUT2D eigenvalue weighted by molar-refractivity contribution is 7.86. The molecular formula is C28H37N9O4S. The van der Waals surface area contributed by atoms with Gasteiger partial charge in [-0.2, -0.15) is 22.0 Å². The molecule has 1 aromatic carbocycles. The average molecular weight is 596 g/mol. The molecule has 2 aromatic heterocycles. The Morgan fingerprint density at radius 2 is 1.67 bits per heavy atom. The van der Waals surface area contributed by atoms with Crippen molar-refractivity contribution in [2.24, 2.45) is 0 Å². The largest absolute Gasteiger partial charge is 0.369 e. The molecule has 42 heavy (non-hydrogen) atoms. The molecule has 0 saturated carbocycles. The lowest BCUT2D eigenvalue weighted by molar-refractivity contribution is -0.127. The number of fused-ring (bicyclic) bond motifs is 1. The van der Waals surface area contributed by atoms with Crippen LogP contribution in [0.5, 0.6) is 0 Å². The van der Waals surface area contributed by atoms with E-state index in [0.717, 1.165) is 29.9 Å². The van der Waals surface area contributed by atoms with Crippen molar-refractivity contribution in [3.05, 3.63) is 65.6 Å². The molecule has 224 valence electrons. The van der Waals surface area contributed by atoms with E-state index in [1.807, 2.05) is 24.3 Å². The average Bonchev–Trinajstić information content (AvgIpc) is 3.01. The fourth-order valence-electron chi connectivity index (χ4n) is 5.20. The lowest BCUT2D eigenvalue weighted by Gasteiger charge is -2.36. The zero-order chi connectivity index (χ0) is 29.9. The highest BCUT2D eigenvalue weighted by Gasteiger charge is 2.28. The lowest BCUT2D eigenvalue weighted by Crippen LogP contribution is -2.51. The molecular weight excluding hydrogens is 558 g/mol. The maximum atomic E-state index is 12.8. The standard InChI is InChI=1S/C28H37N9O4S/c1-4-25(38)35-14-11-33(12-15-35)13-20-37-26(39)10-5-22-21-29-28(31-27(22)37)30-23-6-8-24(9-7-23)34-16-18-36(19-17-34)42(40,41)32(2)3/h4-10,21H,1,11-20H2,2-3H3,(H,29,30,31). The van der Waals surface area contributed by atoms with Crippen molar-refractivity contribution in [2.45, 2.75) is 6.54 Å². The number of nitrogens with one attached hydrogen (secondary N) is 1. The van der Waals surface area contributed by atoms with Crippen molar-refractivity contribution < 1.29 is 13.2 Å². The number of anilines is 3. The number of aromatic nitrogens is 3. The molecule has 2 fully saturated rings. The van der Waals surface area contributed by atoms with Crippen LogP contribution in [-0.2, 0) is 21.5 Å². The van der Waals surface area contributed by atoms with Crippen LogP contribution < -0.4 is 15.8 Å². The number of amides is 1. The molecule has 13 nitrogen and oxygen atoms in total. The second kappa shape index (κ2) is 12.6. The first-order valence-corrected chi connectivity index (χ1v) is 15.4. The van der Waals surface area contributed by atoms with Gasteiger partial charge in [-0.3, -0.25) is 19.1 Å². The number of piperazine rings is 2. The van der Waals surface area contributed by atoms with Gasteiger partial charge in [-0.05, 0) is 36.4 Å². The van der Waals surface area contributed by atoms with E-state index in [1.165, 1.54) is 20.8 Å². The van der Waals surface area contributed by atoms with Gasteiger partial charge in [0.2, 0.25) is 11.9 Å². The van der Waals surface area contributed by atoms with E-state index in [2.05, 4.69) is 31.7 Å². The maximum Gasteiger partial charge on any atom is 0.281 e. The minimum Gasteiger partial charge on any atom is -0.369 e. The van der Waals surface area contributed by atoms with Crippen molar-refractivity contribution >= 4 is 44.5 Å². The third kappa shape index (κ3) is 6.46. The fraction of sp³-hybridized carbons (Fsp3) is 0.429. The summed E-state index contributed by atoms with van der Waals surface area (Å²) in [5.74, 6) is 0.330. The first kappa shape index (κ1) is 29.6. The Hall–Kier alpha value is -3.85. The van der Waals surface area contributed by atoms with E-state index in [-0.39, 0.29) is 11.5 Å². The number of benzene rings is 1. The van der Waals surface area contributed by atoms with Crippen molar-refractivity contribution in [1.82, 2.24) is 32.9 Å². The topological polar surface area (TPSA) is 127 Å². The van der Waals surface area contributed by atoms with E-state index in [4.69, 9.17) is 0 Å². The molecule has 0 bridgehead atoms. The summed E-state index contributed by atoms with van der Waals surface area (Å²) in [5, 5.41) is 4.00. The smallest absolute Gasteiger partial charge is 0.281 e. The van der Waals surface area contributed by atoms with Crippen LogP contribution in [0.1, 0.15) is 0 Å². The Balaban J connectivity index is 1.23. The van der Waals surface area contributed by atoms with E-state index in [9.17, 15) is 18.0 Å². The Morgan fingerprint density at radius 3 is 2.31 bits per heavy atom. The first-order chi connectivity index (χ1) is 20.2. The molecule has 2 aliphatic rings. The van der Waals surface area contributed by atoms with E-state index >= 15 is 0 Å². The van der Waals surface area contributed by atoms with Gasteiger partial charge in [0.05, 0.1) is 0 Å². The van der Waals surface area contributed by atoms with Crippen LogP contribution in [0.15, 0.2) is 60.0 Å².